The summed E-state index contributed by atoms with van der Waals surface area (Å²) in [6.07, 6.45) is 4.62. The Hall–Kier alpha value is 0.353. The second kappa shape index (κ2) is 3.17. The normalized spacial score (nSPS) is 23.2. The summed E-state index contributed by atoms with van der Waals surface area (Å²) < 4.78 is 5.05. The number of carbonyl (C=O) groups excluding carboxylic acids is 1. The molecule has 0 heterocycles. The SMILES string of the molecule is O=C(OC1CC1)C1CC1.[Zr]. The van der Waals surface area contributed by atoms with Gasteiger partial charge in [0.25, 0.3) is 0 Å². The first-order valence-electron chi connectivity index (χ1n) is 3.57. The zero-order chi connectivity index (χ0) is 6.27. The predicted molar refractivity (Wildman–Crippen MR) is 31.8 cm³/mol. The van der Waals surface area contributed by atoms with E-state index in [1.807, 2.05) is 0 Å². The molecule has 0 amide bonds. The molecule has 0 bridgehead atoms. The Morgan fingerprint density at radius 1 is 1.20 bits per heavy atom. The second-order valence-electron chi connectivity index (χ2n) is 2.91. The molecule has 10 heavy (non-hydrogen) atoms. The fraction of sp³-hybridized carbons (Fsp3) is 0.857. The Bertz CT molecular complexity index is 139. The van der Waals surface area contributed by atoms with Gasteiger partial charge in [-0.25, -0.2) is 0 Å². The van der Waals surface area contributed by atoms with Crippen molar-refractivity contribution in [1.82, 2.24) is 0 Å². The van der Waals surface area contributed by atoms with Crippen LogP contribution in [-0.4, -0.2) is 12.1 Å². The van der Waals surface area contributed by atoms with Crippen LogP contribution in [-0.2, 0) is 35.7 Å². The summed E-state index contributed by atoms with van der Waals surface area (Å²) >= 11 is 0. The fourth-order valence-corrected chi connectivity index (χ4v) is 0.765. The van der Waals surface area contributed by atoms with Gasteiger partial charge in [-0.3, -0.25) is 4.79 Å². The van der Waals surface area contributed by atoms with Crippen LogP contribution in [0.25, 0.3) is 0 Å². The first-order chi connectivity index (χ1) is 4.36. The minimum Gasteiger partial charge on any atom is -0.462 e. The van der Waals surface area contributed by atoms with Crippen LogP contribution in [0.2, 0.25) is 0 Å². The maximum absolute atomic E-state index is 10.8. The minimum atomic E-state index is 0. The Morgan fingerprint density at radius 3 is 2.20 bits per heavy atom. The summed E-state index contributed by atoms with van der Waals surface area (Å²) in [6.45, 7) is 0. The molecule has 2 nitrogen and oxygen atoms in total. The van der Waals surface area contributed by atoms with Crippen molar-refractivity contribution in [2.45, 2.75) is 31.8 Å². The van der Waals surface area contributed by atoms with Crippen LogP contribution in [0.3, 0.4) is 0 Å². The molecule has 0 aliphatic heterocycles. The van der Waals surface area contributed by atoms with Gasteiger partial charge in [0, 0.05) is 26.2 Å². The molecular weight excluding hydrogens is 207 g/mol. The van der Waals surface area contributed by atoms with E-state index in [0.717, 1.165) is 25.7 Å². The Kier molecular flexibility index (Phi) is 2.68. The van der Waals surface area contributed by atoms with E-state index in [-0.39, 0.29) is 38.1 Å². The summed E-state index contributed by atoms with van der Waals surface area (Å²) in [4.78, 5) is 10.8. The van der Waals surface area contributed by atoms with Crippen LogP contribution < -0.4 is 0 Å². The first-order valence-corrected chi connectivity index (χ1v) is 3.57. The number of carbonyl (C=O) groups is 1. The van der Waals surface area contributed by atoms with Gasteiger partial charge in [0.1, 0.15) is 6.10 Å². The van der Waals surface area contributed by atoms with Gasteiger partial charge in [-0.15, -0.1) is 0 Å². The second-order valence-corrected chi connectivity index (χ2v) is 2.91. The van der Waals surface area contributed by atoms with Crippen molar-refractivity contribution >= 4 is 5.97 Å². The molecule has 54 valence electrons. The molecule has 0 aromatic rings. The molecule has 0 aromatic heterocycles. The first kappa shape index (κ1) is 8.45. The van der Waals surface area contributed by atoms with Gasteiger partial charge in [-0.05, 0) is 25.7 Å². The van der Waals surface area contributed by atoms with E-state index in [1.54, 1.807) is 0 Å². The van der Waals surface area contributed by atoms with Crippen molar-refractivity contribution in [3.63, 3.8) is 0 Å². The molecule has 2 rings (SSSR count). The van der Waals surface area contributed by atoms with Crippen molar-refractivity contribution in [2.24, 2.45) is 5.92 Å². The molecule has 2 saturated carbocycles. The molecule has 0 N–H and O–H groups in total. The summed E-state index contributed by atoms with van der Waals surface area (Å²) in [6, 6.07) is 0. The molecule has 2 aliphatic rings. The van der Waals surface area contributed by atoms with Gasteiger partial charge >= 0.3 is 5.97 Å². The molecule has 0 aromatic carbocycles. The maximum Gasteiger partial charge on any atom is 0.309 e. The van der Waals surface area contributed by atoms with Crippen LogP contribution in [0.15, 0.2) is 0 Å². The number of rotatable bonds is 2. The van der Waals surface area contributed by atoms with E-state index in [4.69, 9.17) is 4.74 Å². The number of hydrogen-bond donors (Lipinski definition) is 0. The van der Waals surface area contributed by atoms with Crippen molar-refractivity contribution in [3.8, 4) is 0 Å². The Labute approximate surface area is 79.4 Å². The summed E-state index contributed by atoms with van der Waals surface area (Å²) in [5.41, 5.74) is 0. The third-order valence-corrected chi connectivity index (χ3v) is 1.72. The molecule has 0 atom stereocenters. The molecule has 2 aliphatic carbocycles. The van der Waals surface area contributed by atoms with Crippen molar-refractivity contribution < 1.29 is 35.7 Å². The fourth-order valence-electron chi connectivity index (χ4n) is 0.765. The topological polar surface area (TPSA) is 26.3 Å². The summed E-state index contributed by atoms with van der Waals surface area (Å²) in [5, 5.41) is 0. The monoisotopic (exact) mass is 216 g/mol. The predicted octanol–water partition coefficient (Wildman–Crippen LogP) is 1.10. The van der Waals surface area contributed by atoms with Gasteiger partial charge in [-0.2, -0.15) is 0 Å². The molecule has 2 fully saturated rings. The van der Waals surface area contributed by atoms with E-state index >= 15 is 0 Å². The molecule has 0 spiro atoms. The van der Waals surface area contributed by atoms with E-state index < -0.39 is 0 Å². The Morgan fingerprint density at radius 2 is 1.80 bits per heavy atom. The third kappa shape index (κ3) is 2.19. The van der Waals surface area contributed by atoms with Gasteiger partial charge in [0.05, 0.1) is 5.92 Å². The molecule has 3 heteroatoms. The van der Waals surface area contributed by atoms with Gasteiger partial charge in [0.15, 0.2) is 0 Å². The smallest absolute Gasteiger partial charge is 0.309 e. The standard InChI is InChI=1S/C7H10O2.Zr/c8-7(5-1-2-5)9-6-3-4-6;/h5-6H,1-4H2;. The van der Waals surface area contributed by atoms with Crippen molar-refractivity contribution in [2.75, 3.05) is 0 Å². The van der Waals surface area contributed by atoms with Crippen LogP contribution >= 0.6 is 0 Å². The zero-order valence-electron chi connectivity index (χ0n) is 5.80. The largest absolute Gasteiger partial charge is 0.462 e. The molecule has 0 radical (unpaired) electrons. The van der Waals surface area contributed by atoms with Gasteiger partial charge < -0.3 is 4.74 Å². The average molecular weight is 217 g/mol. The van der Waals surface area contributed by atoms with Crippen LogP contribution in [0, 0.1) is 5.92 Å². The van der Waals surface area contributed by atoms with Crippen LogP contribution in [0.4, 0.5) is 0 Å². The number of hydrogen-bond acceptors (Lipinski definition) is 2. The van der Waals surface area contributed by atoms with E-state index in [0.29, 0.717) is 6.10 Å². The molecule has 0 saturated heterocycles. The van der Waals surface area contributed by atoms with Gasteiger partial charge in [0.2, 0.25) is 0 Å². The minimum absolute atomic E-state index is 0. The van der Waals surface area contributed by atoms with Crippen LogP contribution in [0.5, 0.6) is 0 Å². The van der Waals surface area contributed by atoms with Gasteiger partial charge in [-0.1, -0.05) is 0 Å². The Balaban J connectivity index is 0.000000500. The number of ether oxygens (including phenoxy) is 1. The van der Waals surface area contributed by atoms with Crippen molar-refractivity contribution in [1.29, 1.82) is 0 Å². The maximum atomic E-state index is 10.8. The van der Waals surface area contributed by atoms with E-state index in [1.165, 1.54) is 0 Å². The third-order valence-electron chi connectivity index (χ3n) is 1.72. The van der Waals surface area contributed by atoms with Crippen LogP contribution in [0.1, 0.15) is 25.7 Å². The zero-order valence-corrected chi connectivity index (χ0v) is 8.26. The molecular formula is C7H10O2Zr. The summed E-state index contributed by atoms with van der Waals surface area (Å²) in [5.74, 6) is 0.336. The molecule has 0 unspecified atom stereocenters. The van der Waals surface area contributed by atoms with E-state index in [9.17, 15) is 4.79 Å². The quantitative estimate of drug-likeness (QED) is 0.648. The summed E-state index contributed by atoms with van der Waals surface area (Å²) in [7, 11) is 0. The average Bonchev–Trinajstić information content (AvgIpc) is 2.62. The van der Waals surface area contributed by atoms with E-state index in [2.05, 4.69) is 0 Å². The van der Waals surface area contributed by atoms with Crippen molar-refractivity contribution in [3.05, 3.63) is 0 Å². The number of esters is 1.